The highest BCUT2D eigenvalue weighted by Gasteiger charge is 2.17. The van der Waals surface area contributed by atoms with Gasteiger partial charge >= 0.3 is 0 Å². The minimum Gasteiger partial charge on any atom is -0.493 e. The number of hydrogen-bond donors (Lipinski definition) is 0. The number of rotatable bonds is 3. The Morgan fingerprint density at radius 3 is 2.32 bits per heavy atom. The van der Waals surface area contributed by atoms with Gasteiger partial charge in [0.05, 0.1) is 24.4 Å². The Morgan fingerprint density at radius 1 is 1.12 bits per heavy atom. The Bertz CT molecular complexity index is 1020. The fraction of sp³-hybridized carbons (Fsp3) is 0.176. The smallest absolute Gasteiger partial charge is 0.285 e. The lowest BCUT2D eigenvalue weighted by molar-refractivity contribution is 0.0990. The van der Waals surface area contributed by atoms with Gasteiger partial charge in [0.25, 0.3) is 5.91 Å². The van der Waals surface area contributed by atoms with Crippen LogP contribution in [-0.2, 0) is 7.05 Å². The third-order valence-electron chi connectivity index (χ3n) is 3.69. The van der Waals surface area contributed by atoms with Crippen molar-refractivity contribution in [3.63, 3.8) is 0 Å². The summed E-state index contributed by atoms with van der Waals surface area (Å²) in [6.45, 7) is 0. The molecule has 5 nitrogen and oxygen atoms in total. The molecule has 0 aliphatic carbocycles. The second-order valence-electron chi connectivity index (χ2n) is 5.13. The summed E-state index contributed by atoms with van der Waals surface area (Å²) in [5.41, 5.74) is 0.0818. The molecule has 8 heteroatoms. The number of fused-ring (bicyclic) bond motifs is 1. The first-order chi connectivity index (χ1) is 12.0. The van der Waals surface area contributed by atoms with E-state index < -0.39 is 23.1 Å². The average molecular weight is 364 g/mol. The number of carbonyl (C=O) groups excluding carboxylic acids is 1. The largest absolute Gasteiger partial charge is 0.493 e. The standard InChI is InChI=1S/C17H14F2N2O3S/c1-21-11-7-12(23-2)13(24-3)8-14(11)25-17(21)20-16(22)15-9(18)5-4-6-10(15)19/h4-8H,1-3H3. The second-order valence-corrected chi connectivity index (χ2v) is 6.14. The number of aryl methyl sites for hydroxylation is 1. The van der Waals surface area contributed by atoms with E-state index in [4.69, 9.17) is 9.47 Å². The van der Waals surface area contributed by atoms with Crippen molar-refractivity contribution >= 4 is 27.5 Å². The molecule has 0 N–H and O–H groups in total. The number of ether oxygens (including phenoxy) is 2. The number of thiazole rings is 1. The molecule has 0 radical (unpaired) electrons. The molecule has 3 rings (SSSR count). The Balaban J connectivity index is 2.17. The van der Waals surface area contributed by atoms with Crippen molar-refractivity contribution in [1.29, 1.82) is 0 Å². The molecule has 0 bridgehead atoms. The van der Waals surface area contributed by atoms with E-state index >= 15 is 0 Å². The minimum atomic E-state index is -0.975. The number of hydrogen-bond acceptors (Lipinski definition) is 4. The number of nitrogens with zero attached hydrogens (tertiary/aromatic N) is 2. The molecule has 0 atom stereocenters. The van der Waals surface area contributed by atoms with Crippen molar-refractivity contribution in [3.05, 3.63) is 52.3 Å². The lowest BCUT2D eigenvalue weighted by atomic mass is 10.2. The van der Waals surface area contributed by atoms with Crippen molar-refractivity contribution in [3.8, 4) is 11.5 Å². The first-order valence-electron chi connectivity index (χ1n) is 7.21. The number of amides is 1. The van der Waals surface area contributed by atoms with Gasteiger partial charge in [0, 0.05) is 19.2 Å². The molecule has 1 heterocycles. The highest BCUT2D eigenvalue weighted by atomic mass is 32.1. The molecule has 1 aromatic heterocycles. The second kappa shape index (κ2) is 6.64. The number of halogens is 2. The van der Waals surface area contributed by atoms with Crippen LogP contribution >= 0.6 is 11.3 Å². The van der Waals surface area contributed by atoms with Crippen molar-refractivity contribution in [2.45, 2.75) is 0 Å². The van der Waals surface area contributed by atoms with Crippen LogP contribution in [0.3, 0.4) is 0 Å². The van der Waals surface area contributed by atoms with Crippen molar-refractivity contribution in [2.75, 3.05) is 14.2 Å². The van der Waals surface area contributed by atoms with E-state index in [0.29, 0.717) is 16.3 Å². The molecule has 0 aliphatic heterocycles. The van der Waals surface area contributed by atoms with E-state index in [1.54, 1.807) is 23.7 Å². The van der Waals surface area contributed by atoms with Crippen LogP contribution in [0.15, 0.2) is 35.3 Å². The van der Waals surface area contributed by atoms with Gasteiger partial charge in [0.2, 0.25) is 0 Å². The highest BCUT2D eigenvalue weighted by molar-refractivity contribution is 7.16. The van der Waals surface area contributed by atoms with Crippen molar-refractivity contribution < 1.29 is 23.0 Å². The number of benzene rings is 2. The van der Waals surface area contributed by atoms with E-state index in [1.807, 2.05) is 0 Å². The lowest BCUT2D eigenvalue weighted by Gasteiger charge is -2.07. The molecule has 0 saturated heterocycles. The summed E-state index contributed by atoms with van der Waals surface area (Å²) in [5, 5.41) is 0. The number of methoxy groups -OCH3 is 2. The Labute approximate surface area is 145 Å². The third kappa shape index (κ3) is 3.00. The van der Waals surface area contributed by atoms with Gasteiger partial charge in [-0.3, -0.25) is 4.79 Å². The van der Waals surface area contributed by atoms with Gasteiger partial charge in [-0.2, -0.15) is 4.99 Å². The van der Waals surface area contributed by atoms with E-state index in [9.17, 15) is 13.6 Å². The van der Waals surface area contributed by atoms with Crippen LogP contribution < -0.4 is 14.3 Å². The van der Waals surface area contributed by atoms with Gasteiger partial charge in [-0.05, 0) is 12.1 Å². The zero-order valence-corrected chi connectivity index (χ0v) is 14.5. The Morgan fingerprint density at radius 2 is 1.72 bits per heavy atom. The van der Waals surface area contributed by atoms with Crippen molar-refractivity contribution in [2.24, 2.45) is 12.0 Å². The SMILES string of the molecule is COc1cc2sc(=NC(=O)c3c(F)cccc3F)n(C)c2cc1OC. The Hall–Kier alpha value is -2.74. The maximum atomic E-state index is 13.7. The predicted molar refractivity (Wildman–Crippen MR) is 90.2 cm³/mol. The summed E-state index contributed by atoms with van der Waals surface area (Å²) in [6, 6.07) is 6.74. The van der Waals surface area contributed by atoms with Crippen LogP contribution in [0, 0.1) is 11.6 Å². The van der Waals surface area contributed by atoms with Gasteiger partial charge in [0.1, 0.15) is 17.2 Å². The third-order valence-corrected chi connectivity index (χ3v) is 4.78. The highest BCUT2D eigenvalue weighted by Crippen LogP contribution is 2.33. The summed E-state index contributed by atoms with van der Waals surface area (Å²) in [6.07, 6.45) is 0. The lowest BCUT2D eigenvalue weighted by Crippen LogP contribution is -2.14. The monoisotopic (exact) mass is 364 g/mol. The van der Waals surface area contributed by atoms with Crippen molar-refractivity contribution in [1.82, 2.24) is 4.57 Å². The van der Waals surface area contributed by atoms with Crippen LogP contribution in [0.2, 0.25) is 0 Å². The fourth-order valence-corrected chi connectivity index (χ4v) is 3.43. The van der Waals surface area contributed by atoms with Gasteiger partial charge in [0.15, 0.2) is 16.3 Å². The van der Waals surface area contributed by atoms with Crippen LogP contribution in [0.25, 0.3) is 10.2 Å². The van der Waals surface area contributed by atoms with Gasteiger partial charge < -0.3 is 14.0 Å². The first kappa shape index (κ1) is 17.1. The number of aromatic nitrogens is 1. The van der Waals surface area contributed by atoms with Gasteiger partial charge in [-0.15, -0.1) is 0 Å². The molecule has 0 spiro atoms. The molecule has 2 aromatic carbocycles. The zero-order chi connectivity index (χ0) is 18.1. The number of carbonyl (C=O) groups is 1. The average Bonchev–Trinajstić information content (AvgIpc) is 2.88. The quantitative estimate of drug-likeness (QED) is 0.717. The fourth-order valence-electron chi connectivity index (χ4n) is 2.41. The molecular weight excluding hydrogens is 350 g/mol. The predicted octanol–water partition coefficient (Wildman–Crippen LogP) is 3.28. The van der Waals surface area contributed by atoms with Gasteiger partial charge in [-0.1, -0.05) is 17.4 Å². The molecule has 0 aliphatic rings. The van der Waals surface area contributed by atoms with Crippen LogP contribution in [0.1, 0.15) is 10.4 Å². The molecule has 130 valence electrons. The molecule has 0 saturated carbocycles. The maximum Gasteiger partial charge on any atom is 0.285 e. The maximum absolute atomic E-state index is 13.7. The molecule has 0 fully saturated rings. The molecule has 3 aromatic rings. The Kier molecular flexibility index (Phi) is 4.54. The van der Waals surface area contributed by atoms with E-state index in [0.717, 1.165) is 22.3 Å². The van der Waals surface area contributed by atoms with E-state index in [2.05, 4.69) is 4.99 Å². The summed E-state index contributed by atoms with van der Waals surface area (Å²) in [7, 11) is 4.74. The van der Waals surface area contributed by atoms with E-state index in [1.165, 1.54) is 31.6 Å². The minimum absolute atomic E-state index is 0.304. The van der Waals surface area contributed by atoms with Gasteiger partial charge in [-0.25, -0.2) is 8.78 Å². The summed E-state index contributed by atoms with van der Waals surface area (Å²) in [5.74, 6) is -1.80. The first-order valence-corrected chi connectivity index (χ1v) is 8.02. The van der Waals surface area contributed by atoms with Crippen LogP contribution in [0.5, 0.6) is 11.5 Å². The molecule has 25 heavy (non-hydrogen) atoms. The summed E-state index contributed by atoms with van der Waals surface area (Å²) in [4.78, 5) is 16.4. The molecule has 1 amide bonds. The van der Waals surface area contributed by atoms with Crippen LogP contribution in [-0.4, -0.2) is 24.7 Å². The van der Waals surface area contributed by atoms with E-state index in [-0.39, 0.29) is 0 Å². The zero-order valence-electron chi connectivity index (χ0n) is 13.7. The summed E-state index contributed by atoms with van der Waals surface area (Å²) < 4.78 is 40.5. The van der Waals surface area contributed by atoms with Crippen LogP contribution in [0.4, 0.5) is 8.78 Å². The topological polar surface area (TPSA) is 52.8 Å². The summed E-state index contributed by atoms with van der Waals surface area (Å²) >= 11 is 1.20. The normalized spacial score (nSPS) is 11.8. The molecule has 0 unspecified atom stereocenters. The molecular formula is C17H14F2N2O3S.